The van der Waals surface area contributed by atoms with Gasteiger partial charge in [0.15, 0.2) is 0 Å². The van der Waals surface area contributed by atoms with Crippen molar-refractivity contribution >= 4 is 11.6 Å². The molecule has 1 atom stereocenters. The van der Waals surface area contributed by atoms with Crippen molar-refractivity contribution in [3.63, 3.8) is 0 Å². The molecule has 2 aromatic carbocycles. The lowest BCUT2D eigenvalue weighted by Crippen LogP contribution is -2.51. The monoisotopic (exact) mass is 326 g/mol. The Labute approximate surface area is 143 Å². The van der Waals surface area contributed by atoms with Gasteiger partial charge in [0, 0.05) is 24.7 Å². The van der Waals surface area contributed by atoms with Crippen molar-refractivity contribution in [1.82, 2.24) is 10.0 Å². The first-order valence-corrected chi connectivity index (χ1v) is 9.02. The highest BCUT2D eigenvalue weighted by Gasteiger charge is 2.46. The van der Waals surface area contributed by atoms with Crippen molar-refractivity contribution < 1.29 is 0 Å². The highest BCUT2D eigenvalue weighted by molar-refractivity contribution is 6.30. The minimum atomic E-state index is -0.0454. The number of benzene rings is 2. The van der Waals surface area contributed by atoms with Gasteiger partial charge < -0.3 is 0 Å². The van der Waals surface area contributed by atoms with Crippen LogP contribution >= 0.6 is 11.6 Å². The Morgan fingerprint density at radius 1 is 0.739 bits per heavy atom. The van der Waals surface area contributed by atoms with Gasteiger partial charge in [-0.25, -0.2) is 10.0 Å². The molecule has 0 bridgehead atoms. The fourth-order valence-electron chi connectivity index (χ4n) is 4.32. The Balaban J connectivity index is 1.84. The maximum absolute atomic E-state index is 6.15. The molecule has 0 amide bonds. The third-order valence-electron chi connectivity index (χ3n) is 5.35. The Bertz CT molecular complexity index is 649. The molecule has 2 aliphatic rings. The van der Waals surface area contributed by atoms with Crippen LogP contribution in [0.15, 0.2) is 54.6 Å². The second-order valence-electron chi connectivity index (χ2n) is 6.62. The second kappa shape index (κ2) is 6.27. The number of nitrogens with zero attached hydrogens (tertiary/aromatic N) is 2. The number of hydrogen-bond donors (Lipinski definition) is 0. The number of rotatable bonds is 3. The first kappa shape index (κ1) is 15.2. The van der Waals surface area contributed by atoms with Crippen LogP contribution in [-0.4, -0.2) is 29.7 Å². The van der Waals surface area contributed by atoms with E-state index in [0.29, 0.717) is 0 Å². The summed E-state index contributed by atoms with van der Waals surface area (Å²) in [5.41, 5.74) is 2.71. The summed E-state index contributed by atoms with van der Waals surface area (Å²) in [5.74, 6) is 0. The summed E-state index contributed by atoms with van der Waals surface area (Å²) >= 11 is 6.15. The van der Waals surface area contributed by atoms with Gasteiger partial charge in [-0.3, -0.25) is 0 Å². The zero-order chi connectivity index (χ0) is 15.7. The van der Waals surface area contributed by atoms with Crippen LogP contribution in [0, 0.1) is 0 Å². The van der Waals surface area contributed by atoms with E-state index in [4.69, 9.17) is 11.6 Å². The summed E-state index contributed by atoms with van der Waals surface area (Å²) in [6.07, 6.45) is 5.01. The average molecular weight is 327 g/mol. The molecule has 0 radical (unpaired) electrons. The van der Waals surface area contributed by atoms with Crippen LogP contribution in [-0.2, 0) is 5.54 Å². The van der Waals surface area contributed by atoms with Crippen molar-refractivity contribution in [3.05, 3.63) is 70.7 Å². The van der Waals surface area contributed by atoms with E-state index in [9.17, 15) is 0 Å². The van der Waals surface area contributed by atoms with Gasteiger partial charge in [0.25, 0.3) is 0 Å². The molecule has 0 spiro atoms. The van der Waals surface area contributed by atoms with Gasteiger partial charge in [0.2, 0.25) is 0 Å². The van der Waals surface area contributed by atoms with E-state index >= 15 is 0 Å². The maximum Gasteiger partial charge on any atom is 0.0854 e. The first-order chi connectivity index (χ1) is 11.3. The maximum atomic E-state index is 6.15. The van der Waals surface area contributed by atoms with E-state index in [1.54, 1.807) is 0 Å². The predicted octanol–water partition coefficient (Wildman–Crippen LogP) is 4.69. The van der Waals surface area contributed by atoms with Crippen LogP contribution < -0.4 is 0 Å². The molecule has 120 valence electrons. The fraction of sp³-hybridized carbons (Fsp3) is 0.400. The van der Waals surface area contributed by atoms with Crippen LogP contribution in [0.4, 0.5) is 0 Å². The van der Waals surface area contributed by atoms with Gasteiger partial charge in [-0.05, 0) is 48.9 Å². The van der Waals surface area contributed by atoms with Crippen molar-refractivity contribution in [2.45, 2.75) is 31.2 Å². The molecule has 2 aromatic rings. The lowest BCUT2D eigenvalue weighted by Gasteiger charge is -2.44. The lowest BCUT2D eigenvalue weighted by atomic mass is 9.81. The van der Waals surface area contributed by atoms with E-state index in [-0.39, 0.29) is 5.54 Å². The fourth-order valence-corrected chi connectivity index (χ4v) is 4.45. The molecular formula is C20H23ClN2. The molecule has 4 rings (SSSR count). The van der Waals surface area contributed by atoms with E-state index < -0.39 is 0 Å². The van der Waals surface area contributed by atoms with Crippen LogP contribution in [0.3, 0.4) is 0 Å². The topological polar surface area (TPSA) is 6.48 Å². The predicted molar refractivity (Wildman–Crippen MR) is 95.4 cm³/mol. The van der Waals surface area contributed by atoms with E-state index in [0.717, 1.165) is 18.0 Å². The number of hydrazine groups is 1. The van der Waals surface area contributed by atoms with Gasteiger partial charge >= 0.3 is 0 Å². The highest BCUT2D eigenvalue weighted by atomic mass is 35.5. The molecule has 2 nitrogen and oxygen atoms in total. The molecule has 2 heterocycles. The standard InChI is InChI=1S/C20H23ClN2/c21-19-11-9-18(10-12-19)20(17-7-2-1-3-8-17)13-6-16-23(20)22-14-4-5-15-22/h1-3,7-12H,4-6,13-16H2/t20-/m0/s1. The zero-order valence-electron chi connectivity index (χ0n) is 13.4. The minimum Gasteiger partial charge on any atom is -0.241 e. The Hall–Kier alpha value is -1.35. The Morgan fingerprint density at radius 3 is 2.09 bits per heavy atom. The SMILES string of the molecule is Clc1ccc([C@@]2(c3ccccc3)CCCN2N2CCCC2)cc1. The molecular weight excluding hydrogens is 304 g/mol. The van der Waals surface area contributed by atoms with Crippen molar-refractivity contribution in [1.29, 1.82) is 0 Å². The minimum absolute atomic E-state index is 0.0454. The quantitative estimate of drug-likeness (QED) is 0.807. The highest BCUT2D eigenvalue weighted by Crippen LogP contribution is 2.46. The Morgan fingerprint density at radius 2 is 1.39 bits per heavy atom. The van der Waals surface area contributed by atoms with Crippen molar-refractivity contribution in [2.24, 2.45) is 0 Å². The molecule has 2 fully saturated rings. The summed E-state index contributed by atoms with van der Waals surface area (Å²) < 4.78 is 0. The summed E-state index contributed by atoms with van der Waals surface area (Å²) in [5, 5.41) is 6.02. The van der Waals surface area contributed by atoms with Gasteiger partial charge in [-0.15, -0.1) is 0 Å². The zero-order valence-corrected chi connectivity index (χ0v) is 14.2. The summed E-state index contributed by atoms with van der Waals surface area (Å²) in [4.78, 5) is 0. The summed E-state index contributed by atoms with van der Waals surface area (Å²) in [6.45, 7) is 3.50. The molecule has 2 aliphatic heterocycles. The van der Waals surface area contributed by atoms with E-state index in [1.807, 2.05) is 12.1 Å². The van der Waals surface area contributed by atoms with Crippen LogP contribution in [0.25, 0.3) is 0 Å². The summed E-state index contributed by atoms with van der Waals surface area (Å²) in [7, 11) is 0. The molecule has 23 heavy (non-hydrogen) atoms. The number of halogens is 1. The Kier molecular flexibility index (Phi) is 4.14. The largest absolute Gasteiger partial charge is 0.241 e. The normalized spacial score (nSPS) is 26.0. The van der Waals surface area contributed by atoms with Gasteiger partial charge in [-0.2, -0.15) is 0 Å². The van der Waals surface area contributed by atoms with Gasteiger partial charge in [0.05, 0.1) is 5.54 Å². The molecule has 0 aliphatic carbocycles. The van der Waals surface area contributed by atoms with Crippen LogP contribution in [0.2, 0.25) is 5.02 Å². The molecule has 0 aromatic heterocycles. The van der Waals surface area contributed by atoms with E-state index in [1.165, 1.54) is 43.5 Å². The third kappa shape index (κ3) is 2.59. The average Bonchev–Trinajstić information content (AvgIpc) is 3.26. The molecule has 0 N–H and O–H groups in total. The van der Waals surface area contributed by atoms with Gasteiger partial charge in [0.1, 0.15) is 0 Å². The third-order valence-corrected chi connectivity index (χ3v) is 5.60. The molecule has 0 unspecified atom stereocenters. The van der Waals surface area contributed by atoms with Crippen molar-refractivity contribution in [2.75, 3.05) is 19.6 Å². The summed E-state index contributed by atoms with van der Waals surface area (Å²) in [6, 6.07) is 19.5. The molecule has 0 saturated carbocycles. The van der Waals surface area contributed by atoms with Crippen LogP contribution in [0.5, 0.6) is 0 Å². The molecule has 3 heteroatoms. The first-order valence-electron chi connectivity index (χ1n) is 8.65. The number of hydrogen-bond acceptors (Lipinski definition) is 2. The van der Waals surface area contributed by atoms with Crippen LogP contribution in [0.1, 0.15) is 36.8 Å². The second-order valence-corrected chi connectivity index (χ2v) is 7.06. The molecule has 2 saturated heterocycles. The lowest BCUT2D eigenvalue weighted by molar-refractivity contribution is -0.0537. The smallest absolute Gasteiger partial charge is 0.0854 e. The van der Waals surface area contributed by atoms with Gasteiger partial charge in [-0.1, -0.05) is 54.1 Å². The van der Waals surface area contributed by atoms with E-state index in [2.05, 4.69) is 52.5 Å². The van der Waals surface area contributed by atoms with Crippen molar-refractivity contribution in [3.8, 4) is 0 Å².